The summed E-state index contributed by atoms with van der Waals surface area (Å²) in [5, 5.41) is 0. The molecule has 2 heteroatoms. The number of rotatable bonds is 5. The van der Waals surface area contributed by atoms with Crippen LogP contribution in [0.1, 0.15) is 55.8 Å². The van der Waals surface area contributed by atoms with Gasteiger partial charge in [-0.2, -0.15) is 0 Å². The summed E-state index contributed by atoms with van der Waals surface area (Å²) in [5.41, 5.74) is 1.68. The van der Waals surface area contributed by atoms with Crippen molar-refractivity contribution >= 4 is 5.78 Å². The van der Waals surface area contributed by atoms with Crippen molar-refractivity contribution < 1.29 is 9.53 Å². The van der Waals surface area contributed by atoms with Crippen molar-refractivity contribution in [3.63, 3.8) is 0 Å². The van der Waals surface area contributed by atoms with E-state index in [1.54, 1.807) is 0 Å². The molecule has 2 nitrogen and oxygen atoms in total. The van der Waals surface area contributed by atoms with Crippen molar-refractivity contribution in [3.8, 4) is 5.75 Å². The quantitative estimate of drug-likeness (QED) is 0.724. The van der Waals surface area contributed by atoms with Crippen molar-refractivity contribution in [2.24, 2.45) is 0 Å². The molecule has 0 aliphatic heterocycles. The number of carbonyl (C=O) groups is 1. The molecule has 0 fully saturated rings. The van der Waals surface area contributed by atoms with Crippen LogP contribution in [-0.4, -0.2) is 12.4 Å². The highest BCUT2D eigenvalue weighted by atomic mass is 16.5. The molecule has 0 atom stereocenters. The molecule has 0 heterocycles. The molecule has 102 valence electrons. The Bertz CT molecular complexity index is 460. The fraction of sp³-hybridized carbons (Fsp3) is 0.471. The van der Waals surface area contributed by atoms with Gasteiger partial charge in [-0.05, 0) is 49.8 Å². The summed E-state index contributed by atoms with van der Waals surface area (Å²) in [6, 6.07) is 7.59. The van der Waals surface area contributed by atoms with Gasteiger partial charge < -0.3 is 4.74 Å². The highest BCUT2D eigenvalue weighted by Crippen LogP contribution is 2.26. The monoisotopic (exact) mass is 258 g/mol. The Hall–Kier alpha value is -1.57. The van der Waals surface area contributed by atoms with E-state index in [1.807, 2.05) is 24.3 Å². The van der Waals surface area contributed by atoms with Crippen molar-refractivity contribution in [2.45, 2.75) is 45.4 Å². The molecule has 0 saturated heterocycles. The molecule has 0 N–H and O–H groups in total. The van der Waals surface area contributed by atoms with Crippen LogP contribution >= 0.6 is 0 Å². The predicted molar refractivity (Wildman–Crippen MR) is 77.7 cm³/mol. The van der Waals surface area contributed by atoms with Crippen molar-refractivity contribution in [2.75, 3.05) is 6.61 Å². The lowest BCUT2D eigenvalue weighted by Gasteiger charge is -2.11. The topological polar surface area (TPSA) is 26.3 Å². The molecule has 1 aliphatic rings. The third kappa shape index (κ3) is 3.69. The highest BCUT2D eigenvalue weighted by Gasteiger charge is 2.17. The average Bonchev–Trinajstić information content (AvgIpc) is 2.73. The second-order valence-corrected chi connectivity index (χ2v) is 5.00. The first-order valence-electron chi connectivity index (χ1n) is 7.28. The molecule has 0 spiro atoms. The molecule has 2 rings (SSSR count). The standard InChI is InChI=1S/C17H22O2/c1-2-13-19-16-12-8-7-11-15(16)17(18)14-9-5-3-4-6-10-14/h7-9,11-12H,2-6,10,13H2,1H3. The SMILES string of the molecule is CCCOc1ccccc1C(=O)C1=CCCCCC1. The van der Waals surface area contributed by atoms with Crippen LogP contribution < -0.4 is 4.74 Å². The molecule has 0 saturated carbocycles. The molecule has 0 radical (unpaired) electrons. The third-order valence-electron chi connectivity index (χ3n) is 3.43. The number of hydrogen-bond acceptors (Lipinski definition) is 2. The second-order valence-electron chi connectivity index (χ2n) is 5.00. The fourth-order valence-corrected chi connectivity index (χ4v) is 2.39. The van der Waals surface area contributed by atoms with Crippen LogP contribution in [0.4, 0.5) is 0 Å². The third-order valence-corrected chi connectivity index (χ3v) is 3.43. The molecular weight excluding hydrogens is 236 g/mol. The highest BCUT2D eigenvalue weighted by molar-refractivity contribution is 6.10. The van der Waals surface area contributed by atoms with Crippen LogP contribution in [0, 0.1) is 0 Å². The first kappa shape index (κ1) is 13.9. The molecule has 1 aromatic rings. The summed E-state index contributed by atoms with van der Waals surface area (Å²) in [4.78, 5) is 12.6. The van der Waals surface area contributed by atoms with E-state index in [1.165, 1.54) is 12.8 Å². The number of para-hydroxylation sites is 1. The molecule has 0 unspecified atom stereocenters. The maximum absolute atomic E-state index is 12.6. The summed E-state index contributed by atoms with van der Waals surface area (Å²) in [7, 11) is 0. The van der Waals surface area contributed by atoms with Gasteiger partial charge in [-0.1, -0.05) is 31.6 Å². The van der Waals surface area contributed by atoms with E-state index < -0.39 is 0 Å². The lowest BCUT2D eigenvalue weighted by atomic mass is 9.99. The van der Waals surface area contributed by atoms with Crippen LogP contribution in [0.3, 0.4) is 0 Å². The van der Waals surface area contributed by atoms with Crippen molar-refractivity contribution in [1.82, 2.24) is 0 Å². The first-order chi connectivity index (χ1) is 9.33. The molecule has 19 heavy (non-hydrogen) atoms. The van der Waals surface area contributed by atoms with Crippen LogP contribution in [0.5, 0.6) is 5.75 Å². The second kappa shape index (κ2) is 7.13. The minimum atomic E-state index is 0.147. The Morgan fingerprint density at radius 2 is 2.05 bits per heavy atom. The lowest BCUT2D eigenvalue weighted by Crippen LogP contribution is -2.07. The fourth-order valence-electron chi connectivity index (χ4n) is 2.39. The predicted octanol–water partition coefficient (Wildman–Crippen LogP) is 4.55. The molecule has 1 aliphatic carbocycles. The number of benzene rings is 1. The van der Waals surface area contributed by atoms with E-state index in [0.29, 0.717) is 12.2 Å². The largest absolute Gasteiger partial charge is 0.493 e. The summed E-state index contributed by atoms with van der Waals surface area (Å²) in [5.74, 6) is 0.869. The van der Waals surface area contributed by atoms with E-state index in [4.69, 9.17) is 4.74 Å². The Kier molecular flexibility index (Phi) is 5.20. The lowest BCUT2D eigenvalue weighted by molar-refractivity contribution is 0.102. The maximum atomic E-state index is 12.6. The van der Waals surface area contributed by atoms with E-state index in [2.05, 4.69) is 13.0 Å². The number of hydrogen-bond donors (Lipinski definition) is 0. The number of ether oxygens (including phenoxy) is 1. The zero-order chi connectivity index (χ0) is 13.5. The minimum Gasteiger partial charge on any atom is -0.493 e. The minimum absolute atomic E-state index is 0.147. The van der Waals surface area contributed by atoms with Gasteiger partial charge in [-0.15, -0.1) is 0 Å². The summed E-state index contributed by atoms with van der Waals surface area (Å²) in [6.07, 6.45) is 8.54. The molecule has 0 bridgehead atoms. The van der Waals surface area contributed by atoms with Crippen molar-refractivity contribution in [3.05, 3.63) is 41.5 Å². The summed E-state index contributed by atoms with van der Waals surface area (Å²) in [6.45, 7) is 2.72. The van der Waals surface area contributed by atoms with E-state index in [9.17, 15) is 4.79 Å². The Morgan fingerprint density at radius 3 is 2.89 bits per heavy atom. The first-order valence-corrected chi connectivity index (χ1v) is 7.28. The van der Waals surface area contributed by atoms with E-state index >= 15 is 0 Å². The number of Topliss-reactive ketones (excluding diaryl/α,β-unsaturated/α-hetero) is 1. The van der Waals surface area contributed by atoms with Crippen molar-refractivity contribution in [1.29, 1.82) is 0 Å². The van der Waals surface area contributed by atoms with Gasteiger partial charge in [0.1, 0.15) is 5.75 Å². The number of ketones is 1. The number of allylic oxidation sites excluding steroid dienone is 2. The maximum Gasteiger partial charge on any atom is 0.192 e. The van der Waals surface area contributed by atoms with Crippen LogP contribution in [0.15, 0.2) is 35.9 Å². The Labute approximate surface area is 115 Å². The zero-order valence-electron chi connectivity index (χ0n) is 11.7. The van der Waals surface area contributed by atoms with Gasteiger partial charge in [0.2, 0.25) is 0 Å². The van der Waals surface area contributed by atoms with Gasteiger partial charge in [0.25, 0.3) is 0 Å². The zero-order valence-corrected chi connectivity index (χ0v) is 11.7. The normalized spacial score (nSPS) is 15.5. The van der Waals surface area contributed by atoms with Gasteiger partial charge in [0.05, 0.1) is 12.2 Å². The average molecular weight is 258 g/mol. The van der Waals surface area contributed by atoms with Gasteiger partial charge >= 0.3 is 0 Å². The van der Waals surface area contributed by atoms with Gasteiger partial charge in [0.15, 0.2) is 5.78 Å². The number of carbonyl (C=O) groups excluding carboxylic acids is 1. The summed E-state index contributed by atoms with van der Waals surface area (Å²) >= 11 is 0. The van der Waals surface area contributed by atoms with Gasteiger partial charge in [-0.3, -0.25) is 4.79 Å². The van der Waals surface area contributed by atoms with Crippen LogP contribution in [-0.2, 0) is 0 Å². The Morgan fingerprint density at radius 1 is 1.21 bits per heavy atom. The molecule has 0 aromatic heterocycles. The summed E-state index contributed by atoms with van der Waals surface area (Å²) < 4.78 is 5.68. The smallest absolute Gasteiger partial charge is 0.192 e. The van der Waals surface area contributed by atoms with Gasteiger partial charge in [-0.25, -0.2) is 0 Å². The van der Waals surface area contributed by atoms with E-state index in [0.717, 1.165) is 37.0 Å². The van der Waals surface area contributed by atoms with E-state index in [-0.39, 0.29) is 5.78 Å². The van der Waals surface area contributed by atoms with Gasteiger partial charge in [0, 0.05) is 0 Å². The molecular formula is C17H22O2. The van der Waals surface area contributed by atoms with Crippen LogP contribution in [0.25, 0.3) is 0 Å². The van der Waals surface area contributed by atoms with Crippen LogP contribution in [0.2, 0.25) is 0 Å². The Balaban J connectivity index is 2.20. The molecule has 0 amide bonds. The molecule has 1 aromatic carbocycles.